The van der Waals surface area contributed by atoms with Gasteiger partial charge in [0.05, 0.1) is 24.7 Å². The van der Waals surface area contributed by atoms with E-state index in [1.54, 1.807) is 0 Å². The van der Waals surface area contributed by atoms with Crippen LogP contribution in [-0.4, -0.2) is 42.2 Å². The van der Waals surface area contributed by atoms with Gasteiger partial charge in [0, 0.05) is 12.7 Å². The van der Waals surface area contributed by atoms with E-state index < -0.39 is 10.9 Å². The number of carbonyl (C=O) groups excluding carboxylic acids is 1. The maximum absolute atomic E-state index is 11.5. The van der Waals surface area contributed by atoms with Crippen LogP contribution < -0.4 is 5.32 Å². The number of methoxy groups -OCH3 is 1. The summed E-state index contributed by atoms with van der Waals surface area (Å²) in [6.07, 6.45) is 1.87. The first-order valence-corrected chi connectivity index (χ1v) is 5.69. The highest BCUT2D eigenvalue weighted by atomic mass is 16.6. The molecular formula is C11H13N3O5. The van der Waals surface area contributed by atoms with Crippen LogP contribution in [0.15, 0.2) is 12.3 Å². The average molecular weight is 267 g/mol. The van der Waals surface area contributed by atoms with Crippen molar-refractivity contribution in [2.45, 2.75) is 12.5 Å². The Morgan fingerprint density at radius 3 is 3.05 bits per heavy atom. The fourth-order valence-corrected chi connectivity index (χ4v) is 1.80. The molecule has 0 radical (unpaired) electrons. The van der Waals surface area contributed by atoms with Crippen molar-refractivity contribution in [3.63, 3.8) is 0 Å². The summed E-state index contributed by atoms with van der Waals surface area (Å²) < 4.78 is 9.73. The number of anilines is 1. The highest BCUT2D eigenvalue weighted by Gasteiger charge is 2.23. The summed E-state index contributed by atoms with van der Waals surface area (Å²) in [4.78, 5) is 25.6. The fourth-order valence-electron chi connectivity index (χ4n) is 1.80. The molecule has 2 rings (SSSR count). The molecule has 1 unspecified atom stereocenters. The lowest BCUT2D eigenvalue weighted by Gasteiger charge is -2.11. The Labute approximate surface area is 108 Å². The minimum atomic E-state index is -0.764. The first-order valence-electron chi connectivity index (χ1n) is 5.69. The van der Waals surface area contributed by atoms with Crippen molar-refractivity contribution in [1.29, 1.82) is 0 Å². The molecule has 1 saturated heterocycles. The molecule has 0 aliphatic carbocycles. The number of nitrogens with one attached hydrogen (secondary N) is 1. The summed E-state index contributed by atoms with van der Waals surface area (Å²) in [5.74, 6) is -0.374. The van der Waals surface area contributed by atoms with Crippen LogP contribution in [0.25, 0.3) is 0 Å². The van der Waals surface area contributed by atoms with Crippen LogP contribution in [0.4, 0.5) is 11.5 Å². The van der Waals surface area contributed by atoms with Gasteiger partial charge >= 0.3 is 11.7 Å². The molecular weight excluding hydrogens is 254 g/mol. The summed E-state index contributed by atoms with van der Waals surface area (Å²) >= 11 is 0. The molecule has 0 spiro atoms. The zero-order valence-electron chi connectivity index (χ0n) is 10.3. The lowest BCUT2D eigenvalue weighted by Crippen LogP contribution is -2.20. The normalized spacial score (nSPS) is 18.1. The largest absolute Gasteiger partial charge is 0.465 e. The van der Waals surface area contributed by atoms with Crippen LogP contribution >= 0.6 is 0 Å². The number of hydrogen-bond donors (Lipinski definition) is 1. The van der Waals surface area contributed by atoms with Gasteiger partial charge in [-0.05, 0) is 6.42 Å². The SMILES string of the molecule is COC(=O)c1cc(NC2CCOC2)ncc1[N+](=O)[O-]. The molecule has 1 aromatic rings. The van der Waals surface area contributed by atoms with Crippen molar-refractivity contribution in [2.75, 3.05) is 25.6 Å². The molecule has 8 nitrogen and oxygen atoms in total. The number of hydrogen-bond acceptors (Lipinski definition) is 7. The highest BCUT2D eigenvalue weighted by Crippen LogP contribution is 2.22. The molecule has 1 N–H and O–H groups in total. The number of nitrogens with zero attached hydrogens (tertiary/aromatic N) is 2. The standard InChI is InChI=1S/C11H13N3O5/c1-18-11(15)8-4-10(12-5-9(8)14(16)17)13-7-2-3-19-6-7/h4-5,7H,2-3,6H2,1H3,(H,12,13). The van der Waals surface area contributed by atoms with E-state index in [1.165, 1.54) is 13.2 Å². The molecule has 0 bridgehead atoms. The van der Waals surface area contributed by atoms with Gasteiger partial charge in [-0.2, -0.15) is 0 Å². The number of ether oxygens (including phenoxy) is 2. The van der Waals surface area contributed by atoms with Crippen molar-refractivity contribution in [1.82, 2.24) is 4.98 Å². The molecule has 2 heterocycles. The van der Waals surface area contributed by atoms with E-state index >= 15 is 0 Å². The summed E-state index contributed by atoms with van der Waals surface area (Å²) in [5, 5.41) is 13.9. The molecule has 0 amide bonds. The summed E-state index contributed by atoms with van der Waals surface area (Å²) in [7, 11) is 1.17. The van der Waals surface area contributed by atoms with E-state index in [-0.39, 0.29) is 17.3 Å². The van der Waals surface area contributed by atoms with Gasteiger partial charge in [0.25, 0.3) is 0 Å². The van der Waals surface area contributed by atoms with E-state index in [4.69, 9.17) is 4.74 Å². The molecule has 19 heavy (non-hydrogen) atoms. The Balaban J connectivity index is 2.26. The second-order valence-corrected chi connectivity index (χ2v) is 4.04. The van der Waals surface area contributed by atoms with Gasteiger partial charge in [0.2, 0.25) is 0 Å². The van der Waals surface area contributed by atoms with Crippen LogP contribution in [0.2, 0.25) is 0 Å². The van der Waals surface area contributed by atoms with Crippen molar-refractivity contribution in [3.8, 4) is 0 Å². The Bertz CT molecular complexity index is 499. The number of rotatable bonds is 4. The Kier molecular flexibility index (Phi) is 3.91. The van der Waals surface area contributed by atoms with Gasteiger partial charge < -0.3 is 14.8 Å². The third-order valence-corrected chi connectivity index (χ3v) is 2.77. The van der Waals surface area contributed by atoms with E-state index in [0.29, 0.717) is 19.0 Å². The minimum Gasteiger partial charge on any atom is -0.465 e. The predicted molar refractivity (Wildman–Crippen MR) is 65.1 cm³/mol. The summed E-state index contributed by atoms with van der Waals surface area (Å²) in [5.41, 5.74) is -0.496. The van der Waals surface area contributed by atoms with Gasteiger partial charge in [-0.15, -0.1) is 0 Å². The maximum Gasteiger partial charge on any atom is 0.345 e. The van der Waals surface area contributed by atoms with E-state index in [9.17, 15) is 14.9 Å². The maximum atomic E-state index is 11.5. The second-order valence-electron chi connectivity index (χ2n) is 4.04. The third kappa shape index (κ3) is 2.97. The van der Waals surface area contributed by atoms with E-state index in [1.807, 2.05) is 0 Å². The second kappa shape index (κ2) is 5.61. The Morgan fingerprint density at radius 1 is 1.68 bits per heavy atom. The fraction of sp³-hybridized carbons (Fsp3) is 0.455. The lowest BCUT2D eigenvalue weighted by atomic mass is 10.2. The molecule has 1 fully saturated rings. The van der Waals surface area contributed by atoms with Gasteiger partial charge in [-0.1, -0.05) is 0 Å². The van der Waals surface area contributed by atoms with Gasteiger partial charge in [-0.3, -0.25) is 10.1 Å². The zero-order valence-corrected chi connectivity index (χ0v) is 10.3. The quantitative estimate of drug-likeness (QED) is 0.492. The number of esters is 1. The lowest BCUT2D eigenvalue weighted by molar-refractivity contribution is -0.385. The topological polar surface area (TPSA) is 104 Å². The van der Waals surface area contributed by atoms with Crippen LogP contribution in [0, 0.1) is 10.1 Å². The average Bonchev–Trinajstić information content (AvgIpc) is 2.90. The van der Waals surface area contributed by atoms with E-state index in [2.05, 4.69) is 15.0 Å². The monoisotopic (exact) mass is 267 g/mol. The Hall–Kier alpha value is -2.22. The molecule has 0 aromatic carbocycles. The number of aromatic nitrogens is 1. The van der Waals surface area contributed by atoms with Crippen molar-refractivity contribution in [2.24, 2.45) is 0 Å². The number of carbonyl (C=O) groups is 1. The molecule has 1 aromatic heterocycles. The predicted octanol–water partition coefficient (Wildman–Crippen LogP) is 0.977. The van der Waals surface area contributed by atoms with Crippen molar-refractivity contribution < 1.29 is 19.2 Å². The molecule has 8 heteroatoms. The Morgan fingerprint density at radius 2 is 2.47 bits per heavy atom. The van der Waals surface area contributed by atoms with Gasteiger partial charge in [0.15, 0.2) is 0 Å². The smallest absolute Gasteiger partial charge is 0.345 e. The van der Waals surface area contributed by atoms with Crippen LogP contribution in [0.5, 0.6) is 0 Å². The molecule has 1 atom stereocenters. The first-order chi connectivity index (χ1) is 9.11. The summed E-state index contributed by atoms with van der Waals surface area (Å²) in [6, 6.07) is 1.42. The number of pyridine rings is 1. The van der Waals surface area contributed by atoms with Crippen molar-refractivity contribution >= 4 is 17.5 Å². The minimum absolute atomic E-state index is 0.0967. The highest BCUT2D eigenvalue weighted by molar-refractivity contribution is 5.94. The van der Waals surface area contributed by atoms with Crippen LogP contribution in [-0.2, 0) is 9.47 Å². The zero-order chi connectivity index (χ0) is 13.8. The number of nitro groups is 1. The van der Waals surface area contributed by atoms with Gasteiger partial charge in [0.1, 0.15) is 17.6 Å². The molecule has 1 aliphatic rings. The van der Waals surface area contributed by atoms with Gasteiger partial charge in [-0.25, -0.2) is 9.78 Å². The van der Waals surface area contributed by atoms with Crippen LogP contribution in [0.3, 0.4) is 0 Å². The molecule has 102 valence electrons. The molecule has 0 saturated carbocycles. The summed E-state index contributed by atoms with van der Waals surface area (Å²) in [6.45, 7) is 1.21. The molecule has 1 aliphatic heterocycles. The van der Waals surface area contributed by atoms with Crippen LogP contribution in [0.1, 0.15) is 16.8 Å². The van der Waals surface area contributed by atoms with E-state index in [0.717, 1.165) is 12.6 Å². The first kappa shape index (κ1) is 13.2. The third-order valence-electron chi connectivity index (χ3n) is 2.77. The van der Waals surface area contributed by atoms with Crippen molar-refractivity contribution in [3.05, 3.63) is 27.9 Å².